The lowest BCUT2D eigenvalue weighted by Gasteiger charge is -2.11. The summed E-state index contributed by atoms with van der Waals surface area (Å²) in [5, 5.41) is 0. The fourth-order valence-corrected chi connectivity index (χ4v) is 2.12. The molecule has 0 aliphatic carbocycles. The number of aromatic nitrogens is 1. The van der Waals surface area contributed by atoms with Crippen LogP contribution in [0.5, 0.6) is 5.75 Å². The van der Waals surface area contributed by atoms with E-state index in [1.54, 1.807) is 36.1 Å². The van der Waals surface area contributed by atoms with Gasteiger partial charge in [-0.1, -0.05) is 0 Å². The predicted octanol–water partition coefficient (Wildman–Crippen LogP) is 2.25. The molecule has 0 fully saturated rings. The number of halogens is 1. The first-order valence-corrected chi connectivity index (χ1v) is 6.18. The number of methoxy groups -OCH3 is 1. The molecule has 0 amide bonds. The average molecular weight is 309 g/mol. The molecule has 0 unspecified atom stereocenters. The van der Waals surface area contributed by atoms with Gasteiger partial charge in [-0.15, -0.1) is 0 Å². The van der Waals surface area contributed by atoms with Crippen LogP contribution in [0.25, 0.3) is 0 Å². The fourth-order valence-electron chi connectivity index (χ4n) is 1.74. The largest absolute Gasteiger partial charge is 0.496 e. The standard InChI is InChI=1S/C13H13BrN2O2/c1-18-12-5-4-10(15)7-9(12)8-16-6-2-3-11(14)13(16)17/h2-7H,8,15H2,1H3. The molecular weight excluding hydrogens is 296 g/mol. The zero-order chi connectivity index (χ0) is 13.1. The van der Waals surface area contributed by atoms with Gasteiger partial charge in [0.25, 0.3) is 5.56 Å². The van der Waals surface area contributed by atoms with Gasteiger partial charge in [0.2, 0.25) is 0 Å². The Morgan fingerprint density at radius 1 is 1.39 bits per heavy atom. The van der Waals surface area contributed by atoms with Crippen molar-refractivity contribution in [1.82, 2.24) is 4.57 Å². The summed E-state index contributed by atoms with van der Waals surface area (Å²) in [5.41, 5.74) is 7.19. The highest BCUT2D eigenvalue weighted by Crippen LogP contribution is 2.21. The Kier molecular flexibility index (Phi) is 3.72. The molecule has 2 aromatic rings. The van der Waals surface area contributed by atoms with Crippen molar-refractivity contribution in [2.45, 2.75) is 6.54 Å². The highest BCUT2D eigenvalue weighted by molar-refractivity contribution is 9.10. The molecule has 18 heavy (non-hydrogen) atoms. The first-order chi connectivity index (χ1) is 8.61. The van der Waals surface area contributed by atoms with Gasteiger partial charge in [-0.3, -0.25) is 4.79 Å². The molecule has 1 heterocycles. The minimum atomic E-state index is -0.0815. The Labute approximate surface area is 113 Å². The Morgan fingerprint density at radius 3 is 2.89 bits per heavy atom. The molecular formula is C13H13BrN2O2. The predicted molar refractivity (Wildman–Crippen MR) is 74.9 cm³/mol. The Morgan fingerprint density at radius 2 is 2.17 bits per heavy atom. The average Bonchev–Trinajstić information content (AvgIpc) is 2.35. The SMILES string of the molecule is COc1ccc(N)cc1Cn1cccc(Br)c1=O. The Bertz CT molecular complexity index is 623. The molecule has 0 saturated carbocycles. The third-order valence-corrected chi connectivity index (χ3v) is 3.22. The van der Waals surface area contributed by atoms with Crippen LogP contribution < -0.4 is 16.0 Å². The van der Waals surface area contributed by atoms with Gasteiger partial charge >= 0.3 is 0 Å². The van der Waals surface area contributed by atoms with Crippen molar-refractivity contribution >= 4 is 21.6 Å². The summed E-state index contributed by atoms with van der Waals surface area (Å²) in [6, 6.07) is 8.91. The summed E-state index contributed by atoms with van der Waals surface area (Å²) in [6.45, 7) is 0.423. The van der Waals surface area contributed by atoms with Gasteiger partial charge in [-0.2, -0.15) is 0 Å². The second kappa shape index (κ2) is 5.27. The van der Waals surface area contributed by atoms with Crippen LogP contribution in [0.1, 0.15) is 5.56 Å². The summed E-state index contributed by atoms with van der Waals surface area (Å²) in [7, 11) is 1.60. The molecule has 1 aromatic carbocycles. The number of ether oxygens (including phenoxy) is 1. The van der Waals surface area contributed by atoms with Gasteiger partial charge in [0.15, 0.2) is 0 Å². The number of pyridine rings is 1. The number of rotatable bonds is 3. The molecule has 0 radical (unpaired) electrons. The number of hydrogen-bond acceptors (Lipinski definition) is 3. The zero-order valence-corrected chi connectivity index (χ0v) is 11.5. The maximum absolute atomic E-state index is 11.9. The van der Waals surface area contributed by atoms with Gasteiger partial charge in [-0.05, 0) is 46.3 Å². The molecule has 0 spiro atoms. The maximum atomic E-state index is 11.9. The van der Waals surface area contributed by atoms with Gasteiger partial charge < -0.3 is 15.0 Å². The number of nitrogen functional groups attached to an aromatic ring is 1. The quantitative estimate of drug-likeness (QED) is 0.885. The number of nitrogens with zero attached hydrogens (tertiary/aromatic N) is 1. The van der Waals surface area contributed by atoms with E-state index in [1.807, 2.05) is 12.1 Å². The van der Waals surface area contributed by atoms with Crippen LogP contribution in [0, 0.1) is 0 Å². The number of hydrogen-bond donors (Lipinski definition) is 1. The lowest BCUT2D eigenvalue weighted by atomic mass is 10.1. The number of nitrogens with two attached hydrogens (primary N) is 1. The van der Waals surface area contributed by atoms with Gasteiger partial charge in [0.05, 0.1) is 18.1 Å². The van der Waals surface area contributed by atoms with Crippen LogP contribution in [0.15, 0.2) is 45.8 Å². The van der Waals surface area contributed by atoms with Crippen LogP contribution in [0.3, 0.4) is 0 Å². The second-order valence-electron chi connectivity index (χ2n) is 3.86. The molecule has 0 aliphatic heterocycles. The highest BCUT2D eigenvalue weighted by Gasteiger charge is 2.06. The maximum Gasteiger partial charge on any atom is 0.265 e. The van der Waals surface area contributed by atoms with Crippen molar-refractivity contribution in [2.75, 3.05) is 12.8 Å². The lowest BCUT2D eigenvalue weighted by molar-refractivity contribution is 0.408. The van der Waals surface area contributed by atoms with E-state index in [1.165, 1.54) is 0 Å². The Hall–Kier alpha value is -1.75. The van der Waals surface area contributed by atoms with Crippen LogP contribution in [0.2, 0.25) is 0 Å². The van der Waals surface area contributed by atoms with E-state index >= 15 is 0 Å². The summed E-state index contributed by atoms with van der Waals surface area (Å²) in [5.74, 6) is 0.719. The third-order valence-electron chi connectivity index (χ3n) is 2.62. The molecule has 0 bridgehead atoms. The van der Waals surface area contributed by atoms with E-state index < -0.39 is 0 Å². The summed E-state index contributed by atoms with van der Waals surface area (Å²) < 4.78 is 7.39. The number of benzene rings is 1. The monoisotopic (exact) mass is 308 g/mol. The van der Waals surface area contributed by atoms with Crippen LogP contribution in [0.4, 0.5) is 5.69 Å². The first kappa shape index (κ1) is 12.7. The minimum Gasteiger partial charge on any atom is -0.496 e. The highest BCUT2D eigenvalue weighted by atomic mass is 79.9. The summed E-state index contributed by atoms with van der Waals surface area (Å²) in [4.78, 5) is 11.9. The minimum absolute atomic E-state index is 0.0815. The van der Waals surface area contributed by atoms with Crippen molar-refractivity contribution < 1.29 is 4.74 Å². The molecule has 0 atom stereocenters. The smallest absolute Gasteiger partial charge is 0.265 e. The second-order valence-corrected chi connectivity index (χ2v) is 4.71. The van der Waals surface area contributed by atoms with Crippen LogP contribution in [-0.4, -0.2) is 11.7 Å². The fraction of sp³-hybridized carbons (Fsp3) is 0.154. The molecule has 1 aromatic heterocycles. The molecule has 0 aliphatic rings. The summed E-state index contributed by atoms with van der Waals surface area (Å²) >= 11 is 3.22. The Balaban J connectivity index is 2.42. The lowest BCUT2D eigenvalue weighted by Crippen LogP contribution is -2.20. The van der Waals surface area contributed by atoms with Crippen molar-refractivity contribution in [3.8, 4) is 5.75 Å². The molecule has 4 nitrogen and oxygen atoms in total. The molecule has 2 rings (SSSR count). The zero-order valence-electron chi connectivity index (χ0n) is 9.89. The van der Waals surface area contributed by atoms with E-state index in [0.29, 0.717) is 16.7 Å². The van der Waals surface area contributed by atoms with E-state index in [4.69, 9.17) is 10.5 Å². The van der Waals surface area contributed by atoms with E-state index in [-0.39, 0.29) is 5.56 Å². The van der Waals surface area contributed by atoms with Gasteiger partial charge in [0, 0.05) is 17.4 Å². The van der Waals surface area contributed by atoms with Crippen molar-refractivity contribution in [1.29, 1.82) is 0 Å². The first-order valence-electron chi connectivity index (χ1n) is 5.39. The molecule has 0 saturated heterocycles. The van der Waals surface area contributed by atoms with Crippen molar-refractivity contribution in [3.05, 3.63) is 56.9 Å². The van der Waals surface area contributed by atoms with Gasteiger partial charge in [0.1, 0.15) is 5.75 Å². The molecule has 5 heteroatoms. The van der Waals surface area contributed by atoms with E-state index in [2.05, 4.69) is 15.9 Å². The van der Waals surface area contributed by atoms with Crippen molar-refractivity contribution in [3.63, 3.8) is 0 Å². The summed E-state index contributed by atoms with van der Waals surface area (Å²) in [6.07, 6.45) is 1.73. The van der Waals surface area contributed by atoms with Crippen molar-refractivity contribution in [2.24, 2.45) is 0 Å². The molecule has 2 N–H and O–H groups in total. The van der Waals surface area contributed by atoms with E-state index in [0.717, 1.165) is 11.3 Å². The van der Waals surface area contributed by atoms with Crippen LogP contribution >= 0.6 is 15.9 Å². The van der Waals surface area contributed by atoms with E-state index in [9.17, 15) is 4.79 Å². The topological polar surface area (TPSA) is 57.2 Å². The molecule has 94 valence electrons. The van der Waals surface area contributed by atoms with Crippen LogP contribution in [-0.2, 0) is 6.54 Å². The normalized spacial score (nSPS) is 10.3. The van der Waals surface area contributed by atoms with Gasteiger partial charge in [-0.25, -0.2) is 0 Å². The third kappa shape index (κ3) is 2.56. The number of anilines is 1.